The molecule has 4 nitrogen and oxygen atoms in total. The summed E-state index contributed by atoms with van der Waals surface area (Å²) in [6, 6.07) is 3.65. The molecule has 0 spiro atoms. The van der Waals surface area contributed by atoms with Gasteiger partial charge in [-0.25, -0.2) is 9.59 Å². The molecule has 0 unspecified atom stereocenters. The number of esters is 2. The van der Waals surface area contributed by atoms with E-state index in [1.54, 1.807) is 13.8 Å². The predicted octanol–water partition coefficient (Wildman–Crippen LogP) is 2.26. The van der Waals surface area contributed by atoms with Gasteiger partial charge in [0.05, 0.1) is 13.2 Å². The maximum Gasteiger partial charge on any atom is 0.345 e. The molecule has 17 heavy (non-hydrogen) atoms. The molecule has 1 heterocycles. The molecule has 0 bridgehead atoms. The Morgan fingerprint density at radius 1 is 1.24 bits per heavy atom. The maximum atomic E-state index is 11.6. The molecule has 0 atom stereocenters. The minimum atomic E-state index is -0.653. The van der Waals surface area contributed by atoms with Gasteiger partial charge in [-0.2, -0.15) is 0 Å². The van der Waals surface area contributed by atoms with Crippen molar-refractivity contribution in [3.63, 3.8) is 0 Å². The predicted molar refractivity (Wildman–Crippen MR) is 65.6 cm³/mol. The molecule has 0 amide bonds. The average Bonchev–Trinajstić information content (AvgIpc) is 2.79. The molecule has 1 rings (SSSR count). The fourth-order valence-corrected chi connectivity index (χ4v) is 1.79. The lowest BCUT2D eigenvalue weighted by Gasteiger charge is -2.05. The largest absolute Gasteiger partial charge is 0.462 e. The minimum absolute atomic E-state index is 0.0730. The summed E-state index contributed by atoms with van der Waals surface area (Å²) in [7, 11) is 0. The molecule has 5 heteroatoms. The van der Waals surface area contributed by atoms with E-state index in [9.17, 15) is 9.59 Å². The first-order valence-electron chi connectivity index (χ1n) is 5.28. The van der Waals surface area contributed by atoms with Crippen LogP contribution in [0.15, 0.2) is 23.1 Å². The second-order valence-electron chi connectivity index (χ2n) is 3.01. The minimum Gasteiger partial charge on any atom is -0.462 e. The molecular formula is C12H14O4S. The molecular weight excluding hydrogens is 240 g/mol. The number of carbonyl (C=O) groups excluding carboxylic acids is 2. The van der Waals surface area contributed by atoms with Crippen LogP contribution < -0.4 is 0 Å². The van der Waals surface area contributed by atoms with Crippen LogP contribution in [0.5, 0.6) is 0 Å². The third-order valence-corrected chi connectivity index (χ3v) is 2.64. The van der Waals surface area contributed by atoms with Gasteiger partial charge in [-0.05, 0) is 31.4 Å². The molecule has 0 saturated carbocycles. The van der Waals surface area contributed by atoms with E-state index in [-0.39, 0.29) is 18.8 Å². The highest BCUT2D eigenvalue weighted by Crippen LogP contribution is 2.15. The number of hydrogen-bond donors (Lipinski definition) is 0. The fourth-order valence-electron chi connectivity index (χ4n) is 1.13. The monoisotopic (exact) mass is 254 g/mol. The smallest absolute Gasteiger partial charge is 0.345 e. The highest BCUT2D eigenvalue weighted by molar-refractivity contribution is 7.10. The second kappa shape index (κ2) is 6.85. The first-order valence-corrected chi connectivity index (χ1v) is 6.16. The van der Waals surface area contributed by atoms with Crippen LogP contribution in [-0.2, 0) is 19.1 Å². The lowest BCUT2D eigenvalue weighted by Crippen LogP contribution is -2.18. The van der Waals surface area contributed by atoms with Gasteiger partial charge in [0.1, 0.15) is 5.57 Å². The highest BCUT2D eigenvalue weighted by Gasteiger charge is 2.20. The van der Waals surface area contributed by atoms with Crippen molar-refractivity contribution >= 4 is 29.4 Å². The second-order valence-corrected chi connectivity index (χ2v) is 3.99. The molecule has 0 radical (unpaired) electrons. The van der Waals surface area contributed by atoms with E-state index in [0.29, 0.717) is 0 Å². The van der Waals surface area contributed by atoms with E-state index in [0.717, 1.165) is 4.88 Å². The lowest BCUT2D eigenvalue weighted by atomic mass is 10.2. The van der Waals surface area contributed by atoms with E-state index < -0.39 is 11.9 Å². The molecule has 0 aliphatic rings. The maximum absolute atomic E-state index is 11.6. The summed E-state index contributed by atoms with van der Waals surface area (Å²) in [6.07, 6.45) is 1.49. The van der Waals surface area contributed by atoms with Crippen molar-refractivity contribution in [3.05, 3.63) is 28.0 Å². The summed E-state index contributed by atoms with van der Waals surface area (Å²) in [5.41, 5.74) is -0.0730. The molecule has 92 valence electrons. The Kier molecular flexibility index (Phi) is 5.42. The van der Waals surface area contributed by atoms with Gasteiger partial charge in [-0.3, -0.25) is 0 Å². The van der Waals surface area contributed by atoms with Crippen molar-refractivity contribution in [1.82, 2.24) is 0 Å². The zero-order valence-electron chi connectivity index (χ0n) is 9.76. The number of carbonyl (C=O) groups is 2. The quantitative estimate of drug-likeness (QED) is 0.350. The van der Waals surface area contributed by atoms with Crippen LogP contribution in [0.3, 0.4) is 0 Å². The van der Waals surface area contributed by atoms with Crippen molar-refractivity contribution in [2.75, 3.05) is 13.2 Å². The summed E-state index contributed by atoms with van der Waals surface area (Å²) in [5.74, 6) is -1.31. The molecule has 0 aliphatic carbocycles. The van der Waals surface area contributed by atoms with Crippen molar-refractivity contribution < 1.29 is 19.1 Å². The SMILES string of the molecule is CCOC(=O)C(=Cc1cccs1)C(=O)OCC. The van der Waals surface area contributed by atoms with E-state index in [1.807, 2.05) is 17.5 Å². The Hall–Kier alpha value is -1.62. The summed E-state index contributed by atoms with van der Waals surface area (Å²) < 4.78 is 9.63. The molecule has 1 aromatic rings. The molecule has 0 fully saturated rings. The van der Waals surface area contributed by atoms with Gasteiger partial charge in [0.25, 0.3) is 0 Å². The van der Waals surface area contributed by atoms with E-state index in [1.165, 1.54) is 17.4 Å². The normalized spacial score (nSPS) is 9.53. The molecule has 0 aromatic carbocycles. The molecule has 1 aromatic heterocycles. The van der Waals surface area contributed by atoms with Crippen LogP contribution in [0.1, 0.15) is 18.7 Å². The van der Waals surface area contributed by atoms with Gasteiger partial charge < -0.3 is 9.47 Å². The number of hydrogen-bond acceptors (Lipinski definition) is 5. The van der Waals surface area contributed by atoms with Crippen LogP contribution in [0.25, 0.3) is 6.08 Å². The van der Waals surface area contributed by atoms with E-state index in [4.69, 9.17) is 9.47 Å². The van der Waals surface area contributed by atoms with E-state index >= 15 is 0 Å². The Labute approximate surface area is 104 Å². The van der Waals surface area contributed by atoms with Crippen molar-refractivity contribution in [2.24, 2.45) is 0 Å². The van der Waals surface area contributed by atoms with Crippen LogP contribution >= 0.6 is 11.3 Å². The van der Waals surface area contributed by atoms with Gasteiger partial charge in [0, 0.05) is 4.88 Å². The van der Waals surface area contributed by atoms with Crippen LogP contribution in [0.4, 0.5) is 0 Å². The number of thiophene rings is 1. The standard InChI is InChI=1S/C12H14O4S/c1-3-15-11(13)10(12(14)16-4-2)8-9-6-5-7-17-9/h5-8H,3-4H2,1-2H3. The van der Waals surface area contributed by atoms with Gasteiger partial charge in [-0.15, -0.1) is 11.3 Å². The summed E-state index contributed by atoms with van der Waals surface area (Å²) >= 11 is 1.43. The average molecular weight is 254 g/mol. The van der Waals surface area contributed by atoms with Crippen molar-refractivity contribution in [3.8, 4) is 0 Å². The zero-order chi connectivity index (χ0) is 12.7. The topological polar surface area (TPSA) is 52.6 Å². The fraction of sp³-hybridized carbons (Fsp3) is 0.333. The van der Waals surface area contributed by atoms with E-state index in [2.05, 4.69) is 0 Å². The summed E-state index contributed by atoms with van der Waals surface area (Å²) in [5, 5.41) is 1.86. The summed E-state index contributed by atoms with van der Waals surface area (Å²) in [4.78, 5) is 24.0. The molecule has 0 aliphatic heterocycles. The zero-order valence-corrected chi connectivity index (χ0v) is 10.6. The van der Waals surface area contributed by atoms with Gasteiger partial charge in [0.15, 0.2) is 0 Å². The van der Waals surface area contributed by atoms with Gasteiger partial charge in [0.2, 0.25) is 0 Å². The Morgan fingerprint density at radius 2 is 1.82 bits per heavy atom. The van der Waals surface area contributed by atoms with Crippen LogP contribution in [-0.4, -0.2) is 25.2 Å². The number of rotatable bonds is 5. The van der Waals surface area contributed by atoms with Crippen molar-refractivity contribution in [1.29, 1.82) is 0 Å². The number of ether oxygens (including phenoxy) is 2. The molecule has 0 N–H and O–H groups in total. The van der Waals surface area contributed by atoms with Gasteiger partial charge >= 0.3 is 11.9 Å². The Balaban J connectivity index is 2.93. The van der Waals surface area contributed by atoms with Gasteiger partial charge in [-0.1, -0.05) is 6.07 Å². The Bertz CT molecular complexity index is 386. The lowest BCUT2D eigenvalue weighted by molar-refractivity contribution is -0.146. The summed E-state index contributed by atoms with van der Waals surface area (Å²) in [6.45, 7) is 3.82. The van der Waals surface area contributed by atoms with Crippen LogP contribution in [0.2, 0.25) is 0 Å². The van der Waals surface area contributed by atoms with Crippen LogP contribution in [0, 0.1) is 0 Å². The first kappa shape index (κ1) is 13.4. The highest BCUT2D eigenvalue weighted by atomic mass is 32.1. The first-order chi connectivity index (χ1) is 8.19. The third kappa shape index (κ3) is 4.03. The molecule has 0 saturated heterocycles. The third-order valence-electron chi connectivity index (χ3n) is 1.82. The Morgan fingerprint density at radius 3 is 2.24 bits per heavy atom. The van der Waals surface area contributed by atoms with Crippen molar-refractivity contribution in [2.45, 2.75) is 13.8 Å².